The van der Waals surface area contributed by atoms with E-state index < -0.39 is 23.7 Å². The lowest BCUT2D eigenvalue weighted by molar-refractivity contribution is -0.130. The number of urea groups is 1. The van der Waals surface area contributed by atoms with Gasteiger partial charge in [0.2, 0.25) is 0 Å². The first-order valence-corrected chi connectivity index (χ1v) is 8.43. The number of barbiturate groups is 1. The molecular formula is C16H10BrFN2O3S. The molecule has 1 saturated heterocycles. The maximum Gasteiger partial charge on any atom is 0.331 e. The lowest BCUT2D eigenvalue weighted by atomic mass is 10.1. The van der Waals surface area contributed by atoms with Gasteiger partial charge in [-0.25, -0.2) is 9.18 Å². The second kappa shape index (κ2) is 6.66. The highest BCUT2D eigenvalue weighted by Gasteiger charge is 2.35. The van der Waals surface area contributed by atoms with E-state index in [0.717, 1.165) is 8.69 Å². The van der Waals surface area contributed by atoms with Gasteiger partial charge in [0, 0.05) is 4.88 Å². The number of rotatable bonds is 3. The molecule has 4 amide bonds. The molecule has 0 saturated carbocycles. The first-order valence-electron chi connectivity index (χ1n) is 6.82. The molecule has 24 heavy (non-hydrogen) atoms. The lowest BCUT2D eigenvalue weighted by Gasteiger charge is -2.26. The number of hydrogen-bond donors (Lipinski definition) is 1. The monoisotopic (exact) mass is 408 g/mol. The van der Waals surface area contributed by atoms with Crippen LogP contribution < -0.4 is 5.32 Å². The van der Waals surface area contributed by atoms with Crippen LogP contribution in [0.5, 0.6) is 0 Å². The summed E-state index contributed by atoms with van der Waals surface area (Å²) in [6.07, 6.45) is 1.44. The third-order valence-electron chi connectivity index (χ3n) is 3.32. The Morgan fingerprint density at radius 1 is 1.12 bits per heavy atom. The first kappa shape index (κ1) is 16.5. The summed E-state index contributed by atoms with van der Waals surface area (Å²) in [5.41, 5.74) is 0.457. The standard InChI is InChI=1S/C16H10BrFN2O3S/c17-13-6-5-11(24-13)7-12-14(21)19-16(23)20(15(12)22)8-9-1-3-10(18)4-2-9/h1-7H,8H2,(H,19,21,23). The van der Waals surface area contributed by atoms with Crippen LogP contribution in [-0.2, 0) is 16.1 Å². The van der Waals surface area contributed by atoms with Crippen LogP contribution in [0.25, 0.3) is 6.08 Å². The largest absolute Gasteiger partial charge is 0.331 e. The zero-order valence-corrected chi connectivity index (χ0v) is 14.5. The SMILES string of the molecule is O=C1NC(=O)N(Cc2ccc(F)cc2)C(=O)C1=Cc1ccc(Br)s1. The van der Waals surface area contributed by atoms with E-state index in [0.29, 0.717) is 10.4 Å². The molecule has 5 nitrogen and oxygen atoms in total. The van der Waals surface area contributed by atoms with Crippen molar-refractivity contribution < 1.29 is 18.8 Å². The molecule has 0 unspecified atom stereocenters. The average Bonchev–Trinajstić information content (AvgIpc) is 2.95. The highest BCUT2D eigenvalue weighted by atomic mass is 79.9. The summed E-state index contributed by atoms with van der Waals surface area (Å²) >= 11 is 4.66. The predicted octanol–water partition coefficient (Wildman–Crippen LogP) is 3.31. The normalized spacial score (nSPS) is 16.7. The highest BCUT2D eigenvalue weighted by Crippen LogP contribution is 2.25. The molecule has 0 spiro atoms. The Labute approximate surface area is 148 Å². The molecule has 3 rings (SSSR count). The molecule has 2 heterocycles. The van der Waals surface area contributed by atoms with E-state index in [-0.39, 0.29) is 12.1 Å². The minimum Gasteiger partial charge on any atom is -0.273 e. The quantitative estimate of drug-likeness (QED) is 0.625. The van der Waals surface area contributed by atoms with E-state index in [4.69, 9.17) is 0 Å². The molecule has 0 bridgehead atoms. The summed E-state index contributed by atoms with van der Waals surface area (Å²) in [5, 5.41) is 2.15. The molecule has 0 radical (unpaired) electrons. The van der Waals surface area contributed by atoms with Gasteiger partial charge in [0.25, 0.3) is 11.8 Å². The summed E-state index contributed by atoms with van der Waals surface area (Å²) in [4.78, 5) is 38.1. The van der Waals surface area contributed by atoms with Gasteiger partial charge in [-0.3, -0.25) is 19.8 Å². The molecule has 8 heteroatoms. The molecule has 122 valence electrons. The molecule has 1 aromatic heterocycles. The number of carbonyl (C=O) groups is 3. The number of amides is 4. The molecule has 0 aliphatic carbocycles. The number of halogens is 2. The van der Waals surface area contributed by atoms with Crippen LogP contribution >= 0.6 is 27.3 Å². The molecule has 1 aliphatic rings. The molecular weight excluding hydrogens is 399 g/mol. The number of imide groups is 2. The summed E-state index contributed by atoms with van der Waals surface area (Å²) in [7, 11) is 0. The van der Waals surface area contributed by atoms with Gasteiger partial charge >= 0.3 is 6.03 Å². The topological polar surface area (TPSA) is 66.5 Å². The van der Waals surface area contributed by atoms with Crippen LogP contribution in [0.3, 0.4) is 0 Å². The van der Waals surface area contributed by atoms with Gasteiger partial charge in [-0.1, -0.05) is 12.1 Å². The van der Waals surface area contributed by atoms with E-state index in [1.165, 1.54) is 41.7 Å². The zero-order valence-electron chi connectivity index (χ0n) is 12.1. The third kappa shape index (κ3) is 3.44. The molecule has 0 atom stereocenters. The van der Waals surface area contributed by atoms with Crippen molar-refractivity contribution in [2.45, 2.75) is 6.54 Å². The molecule has 1 fully saturated rings. The van der Waals surface area contributed by atoms with Crippen molar-refractivity contribution in [3.05, 3.63) is 62.0 Å². The number of hydrogen-bond acceptors (Lipinski definition) is 4. The summed E-state index contributed by atoms with van der Waals surface area (Å²) in [6, 6.07) is 8.20. The number of benzene rings is 1. The van der Waals surface area contributed by atoms with Gasteiger partial charge in [-0.05, 0) is 51.8 Å². The summed E-state index contributed by atoms with van der Waals surface area (Å²) in [6.45, 7) is -0.0519. The first-order chi connectivity index (χ1) is 11.4. The van der Waals surface area contributed by atoms with Crippen LogP contribution in [0.1, 0.15) is 10.4 Å². The van der Waals surface area contributed by atoms with Crippen molar-refractivity contribution in [3.63, 3.8) is 0 Å². The second-order valence-electron chi connectivity index (χ2n) is 4.98. The molecule has 2 aromatic rings. The Balaban J connectivity index is 1.88. The third-order valence-corrected chi connectivity index (χ3v) is 4.89. The molecule has 1 N–H and O–H groups in total. The number of carbonyl (C=O) groups excluding carboxylic acids is 3. The fourth-order valence-corrected chi connectivity index (χ4v) is 3.53. The van der Waals surface area contributed by atoms with Crippen LogP contribution in [0.4, 0.5) is 9.18 Å². The number of thiophene rings is 1. The van der Waals surface area contributed by atoms with Crippen LogP contribution in [0, 0.1) is 5.82 Å². The zero-order chi connectivity index (χ0) is 17.3. The van der Waals surface area contributed by atoms with Crippen molar-refractivity contribution in [1.82, 2.24) is 10.2 Å². The minimum atomic E-state index is -0.793. The molecule has 1 aliphatic heterocycles. The summed E-state index contributed by atoms with van der Waals surface area (Å²) in [5.74, 6) is -1.82. The van der Waals surface area contributed by atoms with E-state index in [2.05, 4.69) is 21.2 Å². The van der Waals surface area contributed by atoms with Gasteiger partial charge in [0.05, 0.1) is 10.3 Å². The Morgan fingerprint density at radius 2 is 1.83 bits per heavy atom. The van der Waals surface area contributed by atoms with Gasteiger partial charge in [-0.15, -0.1) is 11.3 Å². The maximum absolute atomic E-state index is 13.0. The fraction of sp³-hybridized carbons (Fsp3) is 0.0625. The van der Waals surface area contributed by atoms with Crippen molar-refractivity contribution in [2.24, 2.45) is 0 Å². The average molecular weight is 409 g/mol. The van der Waals surface area contributed by atoms with Crippen molar-refractivity contribution >= 4 is 51.2 Å². The highest BCUT2D eigenvalue weighted by molar-refractivity contribution is 9.11. The Hall–Kier alpha value is -2.32. The van der Waals surface area contributed by atoms with Gasteiger partial charge in [-0.2, -0.15) is 0 Å². The van der Waals surface area contributed by atoms with Crippen molar-refractivity contribution in [3.8, 4) is 0 Å². The van der Waals surface area contributed by atoms with Crippen LogP contribution in [0.2, 0.25) is 0 Å². The minimum absolute atomic E-state index is 0.0519. The predicted molar refractivity (Wildman–Crippen MR) is 90.5 cm³/mol. The maximum atomic E-state index is 13.0. The van der Waals surface area contributed by atoms with E-state index in [1.807, 2.05) is 0 Å². The summed E-state index contributed by atoms with van der Waals surface area (Å²) < 4.78 is 13.8. The number of nitrogens with zero attached hydrogens (tertiary/aromatic N) is 1. The molecule has 1 aromatic carbocycles. The Morgan fingerprint density at radius 3 is 2.46 bits per heavy atom. The lowest BCUT2D eigenvalue weighted by Crippen LogP contribution is -2.53. The van der Waals surface area contributed by atoms with Gasteiger partial charge < -0.3 is 0 Å². The smallest absolute Gasteiger partial charge is 0.273 e. The Kier molecular flexibility index (Phi) is 4.59. The van der Waals surface area contributed by atoms with Crippen molar-refractivity contribution in [2.75, 3.05) is 0 Å². The van der Waals surface area contributed by atoms with E-state index in [9.17, 15) is 18.8 Å². The van der Waals surface area contributed by atoms with Crippen LogP contribution in [-0.4, -0.2) is 22.7 Å². The van der Waals surface area contributed by atoms with Gasteiger partial charge in [0.1, 0.15) is 11.4 Å². The van der Waals surface area contributed by atoms with Gasteiger partial charge in [0.15, 0.2) is 0 Å². The van der Waals surface area contributed by atoms with Crippen molar-refractivity contribution in [1.29, 1.82) is 0 Å². The van der Waals surface area contributed by atoms with Crippen LogP contribution in [0.15, 0.2) is 45.8 Å². The second-order valence-corrected chi connectivity index (χ2v) is 7.47. The fourth-order valence-electron chi connectivity index (χ4n) is 2.16. The number of nitrogens with one attached hydrogen (secondary N) is 1. The van der Waals surface area contributed by atoms with E-state index in [1.54, 1.807) is 12.1 Å². The van der Waals surface area contributed by atoms with E-state index >= 15 is 0 Å². The Bertz CT molecular complexity index is 860.